The van der Waals surface area contributed by atoms with Crippen LogP contribution in [0.4, 0.5) is 11.4 Å². The van der Waals surface area contributed by atoms with Crippen LogP contribution in [-0.4, -0.2) is 19.1 Å². The average Bonchev–Trinajstić information content (AvgIpc) is 2.48. The van der Waals surface area contributed by atoms with Crippen molar-refractivity contribution in [2.24, 2.45) is 0 Å². The molecule has 0 radical (unpaired) electrons. The zero-order chi connectivity index (χ0) is 15.4. The number of nitro groups is 1. The van der Waals surface area contributed by atoms with Gasteiger partial charge in [-0.15, -0.1) is 0 Å². The van der Waals surface area contributed by atoms with E-state index in [4.69, 9.17) is 4.74 Å². The first-order valence-electron chi connectivity index (χ1n) is 6.30. The van der Waals surface area contributed by atoms with Gasteiger partial charge in [-0.1, -0.05) is 18.2 Å². The molecule has 0 saturated heterocycles. The first-order valence-corrected chi connectivity index (χ1v) is 7.09. The minimum Gasteiger partial charge on any atom is -0.495 e. The van der Waals surface area contributed by atoms with Crippen LogP contribution in [0.1, 0.15) is 5.56 Å². The van der Waals surface area contributed by atoms with Crippen molar-refractivity contribution < 1.29 is 9.66 Å². The highest BCUT2D eigenvalue weighted by Crippen LogP contribution is 2.30. The molecule has 0 unspecified atom stereocenters. The van der Waals surface area contributed by atoms with Crippen LogP contribution >= 0.6 is 15.9 Å². The molecule has 2 aromatic carbocycles. The summed E-state index contributed by atoms with van der Waals surface area (Å²) in [5, 5.41) is 11.0. The molecule has 2 aromatic rings. The van der Waals surface area contributed by atoms with Gasteiger partial charge in [0.15, 0.2) is 0 Å². The van der Waals surface area contributed by atoms with Gasteiger partial charge in [-0.05, 0) is 39.7 Å². The van der Waals surface area contributed by atoms with Crippen LogP contribution in [0.15, 0.2) is 46.9 Å². The Kier molecular flexibility index (Phi) is 4.80. The van der Waals surface area contributed by atoms with E-state index in [9.17, 15) is 10.1 Å². The SMILES string of the molecule is COc1ccccc1N(C)Cc1ccc(Br)c([N+](=O)[O-])c1. The average molecular weight is 351 g/mol. The van der Waals surface area contributed by atoms with E-state index in [0.29, 0.717) is 11.0 Å². The van der Waals surface area contributed by atoms with Crippen molar-refractivity contribution in [2.75, 3.05) is 19.1 Å². The predicted octanol–water partition coefficient (Wildman–Crippen LogP) is 4.00. The van der Waals surface area contributed by atoms with Crippen molar-refractivity contribution in [1.82, 2.24) is 0 Å². The molecule has 0 amide bonds. The lowest BCUT2D eigenvalue weighted by atomic mass is 10.1. The summed E-state index contributed by atoms with van der Waals surface area (Å²) in [6.45, 7) is 0.550. The summed E-state index contributed by atoms with van der Waals surface area (Å²) in [7, 11) is 3.54. The minimum atomic E-state index is -0.392. The summed E-state index contributed by atoms with van der Waals surface area (Å²) in [6.07, 6.45) is 0. The Morgan fingerprint density at radius 3 is 2.67 bits per heavy atom. The van der Waals surface area contributed by atoms with Crippen LogP contribution in [-0.2, 0) is 6.54 Å². The molecule has 5 nitrogen and oxygen atoms in total. The van der Waals surface area contributed by atoms with Crippen LogP contribution < -0.4 is 9.64 Å². The summed E-state index contributed by atoms with van der Waals surface area (Å²) in [5.41, 5.74) is 1.87. The molecule has 0 bridgehead atoms. The molecule has 0 aliphatic carbocycles. The lowest BCUT2D eigenvalue weighted by Crippen LogP contribution is -2.17. The van der Waals surface area contributed by atoms with Crippen molar-refractivity contribution >= 4 is 27.3 Å². The Morgan fingerprint density at radius 2 is 2.00 bits per heavy atom. The molecule has 0 spiro atoms. The van der Waals surface area contributed by atoms with E-state index in [-0.39, 0.29) is 5.69 Å². The van der Waals surface area contributed by atoms with Gasteiger partial charge in [0.25, 0.3) is 5.69 Å². The molecule has 0 aromatic heterocycles. The van der Waals surface area contributed by atoms with E-state index in [0.717, 1.165) is 17.0 Å². The van der Waals surface area contributed by atoms with Gasteiger partial charge in [0.2, 0.25) is 0 Å². The zero-order valence-electron chi connectivity index (χ0n) is 11.7. The number of para-hydroxylation sites is 2. The van der Waals surface area contributed by atoms with Crippen LogP contribution in [0.5, 0.6) is 5.75 Å². The molecule has 2 rings (SSSR count). The number of nitrogens with zero attached hydrogens (tertiary/aromatic N) is 2. The molecular formula is C15H15BrN2O3. The molecule has 0 fully saturated rings. The summed E-state index contributed by atoms with van der Waals surface area (Å²) in [6, 6.07) is 12.8. The molecule has 0 aliphatic heterocycles. The molecule has 0 aliphatic rings. The van der Waals surface area contributed by atoms with Crippen LogP contribution in [0, 0.1) is 10.1 Å². The summed E-state index contributed by atoms with van der Waals surface area (Å²) >= 11 is 3.19. The van der Waals surface area contributed by atoms with Crippen molar-refractivity contribution in [3.63, 3.8) is 0 Å². The first kappa shape index (κ1) is 15.3. The van der Waals surface area contributed by atoms with Gasteiger partial charge in [-0.3, -0.25) is 10.1 Å². The van der Waals surface area contributed by atoms with Crippen LogP contribution in [0.3, 0.4) is 0 Å². The van der Waals surface area contributed by atoms with Gasteiger partial charge in [0.1, 0.15) is 5.75 Å². The van der Waals surface area contributed by atoms with E-state index in [1.807, 2.05) is 42.3 Å². The largest absolute Gasteiger partial charge is 0.495 e. The Hall–Kier alpha value is -2.08. The summed E-state index contributed by atoms with van der Waals surface area (Å²) in [4.78, 5) is 12.6. The van der Waals surface area contributed by atoms with Crippen LogP contribution in [0.25, 0.3) is 0 Å². The zero-order valence-corrected chi connectivity index (χ0v) is 13.3. The molecule has 21 heavy (non-hydrogen) atoms. The lowest BCUT2D eigenvalue weighted by Gasteiger charge is -2.21. The highest BCUT2D eigenvalue weighted by atomic mass is 79.9. The maximum absolute atomic E-state index is 11.0. The maximum Gasteiger partial charge on any atom is 0.283 e. The number of anilines is 1. The first-order chi connectivity index (χ1) is 10.0. The van der Waals surface area contributed by atoms with Gasteiger partial charge in [-0.25, -0.2) is 0 Å². The fraction of sp³-hybridized carbons (Fsp3) is 0.200. The Bertz CT molecular complexity index is 661. The molecule has 0 atom stereocenters. The minimum absolute atomic E-state index is 0.0703. The van der Waals surface area contributed by atoms with Crippen molar-refractivity contribution in [3.05, 3.63) is 62.6 Å². The standard InChI is InChI=1S/C15H15BrN2O3/c1-17(13-5-3-4-6-15(13)21-2)10-11-7-8-12(16)14(9-11)18(19)20/h3-9H,10H2,1-2H3. The van der Waals surface area contributed by atoms with Gasteiger partial charge in [-0.2, -0.15) is 0 Å². The molecule has 0 saturated carbocycles. The van der Waals surface area contributed by atoms with E-state index in [1.165, 1.54) is 0 Å². The second-order valence-electron chi connectivity index (χ2n) is 4.57. The van der Waals surface area contributed by atoms with Crippen molar-refractivity contribution in [2.45, 2.75) is 6.54 Å². The van der Waals surface area contributed by atoms with E-state index in [2.05, 4.69) is 15.9 Å². The van der Waals surface area contributed by atoms with E-state index in [1.54, 1.807) is 19.2 Å². The molecule has 6 heteroatoms. The fourth-order valence-electron chi connectivity index (χ4n) is 2.10. The third-order valence-corrected chi connectivity index (χ3v) is 3.79. The number of rotatable bonds is 5. The maximum atomic E-state index is 11.0. The third kappa shape index (κ3) is 3.52. The number of hydrogen-bond acceptors (Lipinski definition) is 4. The highest BCUT2D eigenvalue weighted by Gasteiger charge is 2.14. The number of benzene rings is 2. The smallest absolute Gasteiger partial charge is 0.283 e. The second kappa shape index (κ2) is 6.58. The van der Waals surface area contributed by atoms with Crippen LogP contribution in [0.2, 0.25) is 0 Å². The van der Waals surface area contributed by atoms with Crippen molar-refractivity contribution in [1.29, 1.82) is 0 Å². The molecule has 0 heterocycles. The lowest BCUT2D eigenvalue weighted by molar-refractivity contribution is -0.385. The van der Waals surface area contributed by atoms with E-state index >= 15 is 0 Å². The quantitative estimate of drug-likeness (QED) is 0.604. The Morgan fingerprint density at radius 1 is 1.29 bits per heavy atom. The van der Waals surface area contributed by atoms with Crippen molar-refractivity contribution in [3.8, 4) is 5.75 Å². The van der Waals surface area contributed by atoms with Gasteiger partial charge in [0.05, 0.1) is 22.2 Å². The third-order valence-electron chi connectivity index (χ3n) is 3.12. The Balaban J connectivity index is 2.25. The number of halogens is 1. The molecule has 110 valence electrons. The number of methoxy groups -OCH3 is 1. The number of ether oxygens (including phenoxy) is 1. The topological polar surface area (TPSA) is 55.6 Å². The predicted molar refractivity (Wildman–Crippen MR) is 85.9 cm³/mol. The molecular weight excluding hydrogens is 336 g/mol. The van der Waals surface area contributed by atoms with Gasteiger partial charge in [0, 0.05) is 19.7 Å². The number of nitro benzene ring substituents is 1. The van der Waals surface area contributed by atoms with E-state index < -0.39 is 4.92 Å². The normalized spacial score (nSPS) is 10.2. The van der Waals surface area contributed by atoms with Gasteiger partial charge >= 0.3 is 0 Å². The monoisotopic (exact) mass is 350 g/mol. The Labute approximate surface area is 131 Å². The van der Waals surface area contributed by atoms with Gasteiger partial charge < -0.3 is 9.64 Å². The highest BCUT2D eigenvalue weighted by molar-refractivity contribution is 9.10. The molecule has 0 N–H and O–H groups in total. The summed E-state index contributed by atoms with van der Waals surface area (Å²) in [5.74, 6) is 0.770. The second-order valence-corrected chi connectivity index (χ2v) is 5.43. The fourth-order valence-corrected chi connectivity index (χ4v) is 2.49. The summed E-state index contributed by atoms with van der Waals surface area (Å²) < 4.78 is 5.81. The number of hydrogen-bond donors (Lipinski definition) is 0.